The van der Waals surface area contributed by atoms with Crippen molar-refractivity contribution in [1.29, 1.82) is 0 Å². The number of aromatic nitrogens is 1. The van der Waals surface area contributed by atoms with Crippen molar-refractivity contribution < 1.29 is 28.4 Å². The SMILES string of the molecule is O=C1CCC(N2C(=O)C3=C(C2=O)C(NCCCC(=O)N2CCN(c4cccc5[nH]c(=O)oc45)CC2)CC=C3)C(=O)N1. The number of H-pyrrole nitrogens is 1. The van der Waals surface area contributed by atoms with Gasteiger partial charge >= 0.3 is 5.76 Å². The lowest BCUT2D eigenvalue weighted by molar-refractivity contribution is -0.150. The van der Waals surface area contributed by atoms with Crippen LogP contribution < -0.4 is 21.3 Å². The Morgan fingerprint density at radius 1 is 1.05 bits per heavy atom. The second-order valence-corrected chi connectivity index (χ2v) is 10.6. The summed E-state index contributed by atoms with van der Waals surface area (Å²) in [4.78, 5) is 82.2. The van der Waals surface area contributed by atoms with Crippen LogP contribution in [0.4, 0.5) is 5.69 Å². The first-order valence-electron chi connectivity index (χ1n) is 13.8. The molecule has 2 fully saturated rings. The first-order valence-corrected chi connectivity index (χ1v) is 13.8. The summed E-state index contributed by atoms with van der Waals surface area (Å²) in [6, 6.07) is 4.14. The van der Waals surface area contributed by atoms with Crippen LogP contribution in [0, 0.1) is 0 Å². The normalized spacial score (nSPS) is 23.1. The Labute approximate surface area is 234 Å². The van der Waals surface area contributed by atoms with Crippen LogP contribution in [-0.2, 0) is 24.0 Å². The smallest absolute Gasteiger partial charge is 0.406 e. The van der Waals surface area contributed by atoms with Crippen LogP contribution in [0.5, 0.6) is 0 Å². The van der Waals surface area contributed by atoms with E-state index in [0.29, 0.717) is 68.7 Å². The van der Waals surface area contributed by atoms with Crippen LogP contribution in [0.3, 0.4) is 0 Å². The number of hydrogen-bond acceptors (Lipinski definition) is 9. The fraction of sp³-hybridized carbons (Fsp3) is 0.429. The van der Waals surface area contributed by atoms with Gasteiger partial charge in [-0.25, -0.2) is 4.79 Å². The Kier molecular flexibility index (Phi) is 7.03. The molecule has 2 saturated heterocycles. The Hall–Kier alpha value is -4.52. The second kappa shape index (κ2) is 10.8. The molecule has 0 saturated carbocycles. The molecule has 2 atom stereocenters. The van der Waals surface area contributed by atoms with Crippen LogP contribution in [0.1, 0.15) is 32.1 Å². The molecular weight excluding hydrogens is 532 g/mol. The Morgan fingerprint density at radius 2 is 1.85 bits per heavy atom. The van der Waals surface area contributed by atoms with E-state index in [1.165, 1.54) is 0 Å². The van der Waals surface area contributed by atoms with Crippen molar-refractivity contribution >= 4 is 46.3 Å². The maximum absolute atomic E-state index is 13.3. The van der Waals surface area contributed by atoms with E-state index in [1.807, 2.05) is 23.1 Å². The van der Waals surface area contributed by atoms with Crippen LogP contribution in [0.15, 0.2) is 50.7 Å². The predicted molar refractivity (Wildman–Crippen MR) is 145 cm³/mol. The van der Waals surface area contributed by atoms with E-state index in [0.717, 1.165) is 10.6 Å². The predicted octanol–water partition coefficient (Wildman–Crippen LogP) is -0.0614. The standard InChI is InChI=1S/C28H30N6O7/c35-21-10-9-20(25(37)31-21)34-26(38)16-4-1-5-17(23(16)27(34)39)29-11-3-8-22(36)33-14-12-32(13-15-33)19-7-2-6-18-24(19)41-28(40)30-18/h1-2,4,6-7,17,20,29H,3,5,8-15H2,(H,30,40)(H,31,35,37). The fourth-order valence-corrected chi connectivity index (χ4v) is 6.00. The molecule has 6 rings (SSSR count). The number of nitrogens with zero attached hydrogens (tertiary/aromatic N) is 3. The summed E-state index contributed by atoms with van der Waals surface area (Å²) in [5.41, 5.74) is 2.58. The van der Waals surface area contributed by atoms with Crippen molar-refractivity contribution in [3.63, 3.8) is 0 Å². The summed E-state index contributed by atoms with van der Waals surface area (Å²) >= 11 is 0. The van der Waals surface area contributed by atoms with Gasteiger partial charge < -0.3 is 19.5 Å². The molecule has 2 aromatic rings. The Balaban J connectivity index is 0.994. The lowest BCUT2D eigenvalue weighted by atomic mass is 9.94. The number of piperazine rings is 1. The Bertz CT molecular complexity index is 1560. The van der Waals surface area contributed by atoms with E-state index in [9.17, 15) is 28.8 Å². The van der Waals surface area contributed by atoms with Gasteiger partial charge in [0.2, 0.25) is 17.7 Å². The summed E-state index contributed by atoms with van der Waals surface area (Å²) in [5.74, 6) is -2.54. The maximum Gasteiger partial charge on any atom is 0.417 e. The highest BCUT2D eigenvalue weighted by Gasteiger charge is 2.47. The number of carbonyl (C=O) groups excluding carboxylic acids is 5. The van der Waals surface area contributed by atoms with E-state index in [2.05, 4.69) is 20.5 Å². The minimum absolute atomic E-state index is 0.0393. The third-order valence-corrected chi connectivity index (χ3v) is 8.07. The first-order chi connectivity index (χ1) is 19.8. The average Bonchev–Trinajstić information content (AvgIpc) is 3.47. The number of piperidine rings is 1. The van der Waals surface area contributed by atoms with Gasteiger partial charge in [0.25, 0.3) is 11.8 Å². The van der Waals surface area contributed by atoms with Gasteiger partial charge in [0.1, 0.15) is 6.04 Å². The number of hydrogen-bond donors (Lipinski definition) is 3. The molecule has 3 N–H and O–H groups in total. The molecule has 1 aliphatic carbocycles. The number of imide groups is 2. The van der Waals surface area contributed by atoms with Crippen molar-refractivity contribution in [2.24, 2.45) is 0 Å². The molecule has 214 valence electrons. The van der Waals surface area contributed by atoms with E-state index >= 15 is 0 Å². The largest absolute Gasteiger partial charge is 0.417 e. The number of rotatable bonds is 7. The van der Waals surface area contributed by atoms with Gasteiger partial charge in [-0.05, 0) is 37.9 Å². The highest BCUT2D eigenvalue weighted by atomic mass is 16.4. The lowest BCUT2D eigenvalue weighted by Gasteiger charge is -2.36. The topological polar surface area (TPSA) is 165 Å². The van der Waals surface area contributed by atoms with E-state index in [4.69, 9.17) is 4.42 Å². The van der Waals surface area contributed by atoms with Gasteiger partial charge in [0.05, 0.1) is 16.8 Å². The van der Waals surface area contributed by atoms with Gasteiger partial charge in [-0.3, -0.25) is 39.2 Å². The lowest BCUT2D eigenvalue weighted by Crippen LogP contribution is -2.55. The zero-order valence-electron chi connectivity index (χ0n) is 22.3. The number of para-hydroxylation sites is 1. The molecule has 1 aromatic heterocycles. The van der Waals surface area contributed by atoms with Crippen LogP contribution in [-0.4, -0.2) is 89.1 Å². The molecule has 4 aliphatic rings. The molecule has 4 heterocycles. The Morgan fingerprint density at radius 3 is 2.63 bits per heavy atom. The minimum Gasteiger partial charge on any atom is -0.406 e. The van der Waals surface area contributed by atoms with Gasteiger partial charge in [-0.15, -0.1) is 0 Å². The summed E-state index contributed by atoms with van der Waals surface area (Å²) < 4.78 is 5.31. The van der Waals surface area contributed by atoms with E-state index < -0.39 is 41.5 Å². The molecule has 1 aromatic carbocycles. The molecule has 3 aliphatic heterocycles. The van der Waals surface area contributed by atoms with Crippen molar-refractivity contribution in [2.75, 3.05) is 37.6 Å². The van der Waals surface area contributed by atoms with Crippen molar-refractivity contribution in [3.8, 4) is 0 Å². The van der Waals surface area contributed by atoms with Crippen molar-refractivity contribution in [3.05, 3.63) is 52.0 Å². The number of fused-ring (bicyclic) bond motifs is 1. The molecule has 0 radical (unpaired) electrons. The quantitative estimate of drug-likeness (QED) is 0.310. The van der Waals surface area contributed by atoms with Gasteiger partial charge in [0, 0.05) is 50.6 Å². The number of aromatic amines is 1. The average molecular weight is 563 g/mol. The summed E-state index contributed by atoms with van der Waals surface area (Å²) in [5, 5.41) is 5.52. The van der Waals surface area contributed by atoms with Gasteiger partial charge in [-0.2, -0.15) is 0 Å². The molecule has 0 spiro atoms. The van der Waals surface area contributed by atoms with E-state index in [1.54, 1.807) is 12.1 Å². The van der Waals surface area contributed by atoms with Crippen LogP contribution in [0.2, 0.25) is 0 Å². The van der Waals surface area contributed by atoms with Crippen LogP contribution >= 0.6 is 0 Å². The zero-order valence-corrected chi connectivity index (χ0v) is 22.3. The highest BCUT2D eigenvalue weighted by Crippen LogP contribution is 2.32. The summed E-state index contributed by atoms with van der Waals surface area (Å²) in [6.45, 7) is 2.79. The molecule has 13 nitrogen and oxygen atoms in total. The third kappa shape index (κ3) is 4.97. The van der Waals surface area contributed by atoms with Crippen molar-refractivity contribution in [1.82, 2.24) is 25.4 Å². The second-order valence-electron chi connectivity index (χ2n) is 10.6. The molecule has 5 amide bonds. The number of oxazole rings is 1. The summed E-state index contributed by atoms with van der Waals surface area (Å²) in [7, 11) is 0. The number of anilines is 1. The fourth-order valence-electron chi connectivity index (χ4n) is 6.00. The number of nitrogens with one attached hydrogen (secondary N) is 3. The number of carbonyl (C=O) groups is 5. The monoisotopic (exact) mass is 562 g/mol. The first kappa shape index (κ1) is 26.7. The zero-order chi connectivity index (χ0) is 28.7. The maximum atomic E-state index is 13.3. The number of benzene rings is 1. The van der Waals surface area contributed by atoms with Crippen molar-refractivity contribution in [2.45, 2.75) is 44.2 Å². The molecular formula is C28H30N6O7. The van der Waals surface area contributed by atoms with Gasteiger partial charge in [0.15, 0.2) is 5.58 Å². The highest BCUT2D eigenvalue weighted by molar-refractivity contribution is 6.23. The molecule has 41 heavy (non-hydrogen) atoms. The third-order valence-electron chi connectivity index (χ3n) is 8.07. The number of amides is 5. The molecule has 0 bridgehead atoms. The van der Waals surface area contributed by atoms with Gasteiger partial charge in [-0.1, -0.05) is 18.2 Å². The van der Waals surface area contributed by atoms with Crippen LogP contribution in [0.25, 0.3) is 11.1 Å². The summed E-state index contributed by atoms with van der Waals surface area (Å²) in [6.07, 6.45) is 5.00. The minimum atomic E-state index is -1.00. The molecule has 2 unspecified atom stereocenters. The van der Waals surface area contributed by atoms with E-state index in [-0.39, 0.29) is 24.3 Å². The molecule has 13 heteroatoms.